The van der Waals surface area contributed by atoms with Crippen LogP contribution < -0.4 is 21.9 Å². The Morgan fingerprint density at radius 3 is 2.17 bits per heavy atom. The van der Waals surface area contributed by atoms with E-state index in [0.29, 0.717) is 19.0 Å². The van der Waals surface area contributed by atoms with Crippen molar-refractivity contribution in [3.8, 4) is 24.0 Å². The van der Waals surface area contributed by atoms with E-state index < -0.39 is 36.0 Å². The van der Waals surface area contributed by atoms with E-state index in [1.165, 1.54) is 30.3 Å². The zero-order valence-corrected chi connectivity index (χ0v) is 22.8. The first kappa shape index (κ1) is 28.3. The first-order chi connectivity index (χ1) is 20.3. The highest BCUT2D eigenvalue weighted by Crippen LogP contribution is 2.25. The lowest BCUT2D eigenvalue weighted by atomic mass is 10.1. The molecule has 1 atom stereocenters. The van der Waals surface area contributed by atoms with Crippen molar-refractivity contribution in [2.75, 3.05) is 18.0 Å². The summed E-state index contributed by atoms with van der Waals surface area (Å²) >= 11 is 0. The van der Waals surface area contributed by atoms with Gasteiger partial charge in [0.15, 0.2) is 11.2 Å². The van der Waals surface area contributed by atoms with E-state index in [0.717, 1.165) is 28.0 Å². The Bertz CT molecular complexity index is 1970. The number of fused-ring (bicyclic) bond motifs is 1. The Balaban J connectivity index is 1.84. The number of rotatable bonds is 6. The van der Waals surface area contributed by atoms with Gasteiger partial charge in [0.05, 0.1) is 42.9 Å². The van der Waals surface area contributed by atoms with Crippen molar-refractivity contribution in [3.63, 3.8) is 0 Å². The van der Waals surface area contributed by atoms with E-state index in [1.807, 2.05) is 17.0 Å². The van der Waals surface area contributed by atoms with E-state index in [4.69, 9.17) is 10.7 Å². The van der Waals surface area contributed by atoms with Gasteiger partial charge < -0.3 is 10.6 Å². The molecule has 0 unspecified atom stereocenters. The molecule has 0 radical (unpaired) electrons. The fourth-order valence-corrected chi connectivity index (χ4v) is 5.27. The molecular weight excluding hydrogens is 542 g/mol. The highest BCUT2D eigenvalue weighted by molar-refractivity contribution is 5.75. The Morgan fingerprint density at radius 2 is 1.60 bits per heavy atom. The third kappa shape index (κ3) is 5.03. The first-order valence-corrected chi connectivity index (χ1v) is 13.3. The van der Waals surface area contributed by atoms with Crippen molar-refractivity contribution in [1.29, 1.82) is 10.5 Å². The summed E-state index contributed by atoms with van der Waals surface area (Å²) in [5.41, 5.74) is 4.28. The van der Waals surface area contributed by atoms with Gasteiger partial charge in [-0.3, -0.25) is 18.5 Å². The van der Waals surface area contributed by atoms with Gasteiger partial charge in [-0.15, -0.1) is 5.92 Å². The Labute approximate surface area is 239 Å². The minimum Gasteiger partial charge on any atom is -0.341 e. The van der Waals surface area contributed by atoms with Crippen molar-refractivity contribution in [1.82, 2.24) is 18.7 Å². The third-order valence-corrected chi connectivity index (χ3v) is 7.36. The number of hydrogen-bond acceptors (Lipinski definition) is 7. The number of nitrogens with two attached hydrogens (primary N) is 1. The fraction of sp³-hybridized carbons (Fsp3) is 0.300. The summed E-state index contributed by atoms with van der Waals surface area (Å²) in [4.78, 5) is 34.7. The summed E-state index contributed by atoms with van der Waals surface area (Å²) < 4.78 is 33.4. The molecule has 12 heteroatoms. The van der Waals surface area contributed by atoms with Gasteiger partial charge in [-0.1, -0.05) is 18.1 Å². The number of nitrogens with zero attached hydrogens (tertiary/aromatic N) is 7. The van der Waals surface area contributed by atoms with Crippen LogP contribution in [-0.2, 0) is 19.6 Å². The number of benzene rings is 2. The second-order valence-corrected chi connectivity index (χ2v) is 9.96. The van der Waals surface area contributed by atoms with Crippen molar-refractivity contribution in [2.45, 2.75) is 45.4 Å². The normalized spacial score (nSPS) is 14.7. The molecule has 0 saturated carbocycles. The largest absolute Gasteiger partial charge is 0.341 e. The molecule has 2 N–H and O–H groups in total. The molecule has 42 heavy (non-hydrogen) atoms. The molecule has 1 aliphatic heterocycles. The number of halogens is 2. The lowest BCUT2D eigenvalue weighted by Gasteiger charge is -2.31. The van der Waals surface area contributed by atoms with Gasteiger partial charge in [0, 0.05) is 30.3 Å². The summed E-state index contributed by atoms with van der Waals surface area (Å²) in [6.45, 7) is 1.76. The smallest absolute Gasteiger partial charge is 0.333 e. The van der Waals surface area contributed by atoms with Crippen LogP contribution in [-0.4, -0.2) is 37.8 Å². The summed E-state index contributed by atoms with van der Waals surface area (Å²) in [6, 6.07) is 11.6. The number of anilines is 1. The van der Waals surface area contributed by atoms with Crippen molar-refractivity contribution < 1.29 is 8.78 Å². The third-order valence-electron chi connectivity index (χ3n) is 7.36. The van der Waals surface area contributed by atoms with E-state index in [2.05, 4.69) is 11.8 Å². The Kier molecular flexibility index (Phi) is 7.88. The maximum absolute atomic E-state index is 15.0. The van der Waals surface area contributed by atoms with Crippen LogP contribution in [0.25, 0.3) is 11.2 Å². The molecule has 2 aromatic carbocycles. The Morgan fingerprint density at radius 1 is 0.976 bits per heavy atom. The lowest BCUT2D eigenvalue weighted by molar-refractivity contribution is 0.496. The molecule has 1 fully saturated rings. The van der Waals surface area contributed by atoms with E-state index in [-0.39, 0.29) is 46.0 Å². The highest BCUT2D eigenvalue weighted by atomic mass is 19.1. The predicted octanol–water partition coefficient (Wildman–Crippen LogP) is 2.43. The average Bonchev–Trinajstić information content (AvgIpc) is 3.37. The van der Waals surface area contributed by atoms with Crippen LogP contribution >= 0.6 is 0 Å². The first-order valence-electron chi connectivity index (χ1n) is 13.3. The second kappa shape index (κ2) is 11.7. The molecule has 1 aliphatic rings. The average molecular weight is 569 g/mol. The maximum atomic E-state index is 15.0. The van der Waals surface area contributed by atoms with Gasteiger partial charge in [0.1, 0.15) is 11.6 Å². The van der Waals surface area contributed by atoms with Crippen LogP contribution in [0.4, 0.5) is 14.7 Å². The monoisotopic (exact) mass is 568 g/mol. The standard InChI is InChI=1S/C30H26F2N8O2/c1-2-3-13-38-26-27(36-29(38)37-12-6-9-21(35)16-37)39(17-22-19(14-33)7-4-10-24(22)31)30(42)40(28(26)41)18-23-20(15-34)8-5-11-25(23)32/h4-5,7-8,10-11,21H,6,9,12-13,16-18,35H2,1H3/t21-/m1/s1. The van der Waals surface area contributed by atoms with Crippen LogP contribution in [0.3, 0.4) is 0 Å². The molecule has 212 valence electrons. The summed E-state index contributed by atoms with van der Waals surface area (Å²) in [6.07, 6.45) is 1.60. The van der Waals surface area contributed by atoms with Crippen LogP contribution in [0.2, 0.25) is 0 Å². The number of aromatic nitrogens is 4. The number of nitriles is 2. The maximum Gasteiger partial charge on any atom is 0.333 e. The minimum absolute atomic E-state index is 0.00353. The molecule has 10 nitrogen and oxygen atoms in total. The van der Waals surface area contributed by atoms with Gasteiger partial charge in [0.2, 0.25) is 5.95 Å². The number of piperidine rings is 1. The van der Waals surface area contributed by atoms with Crippen LogP contribution in [0.5, 0.6) is 0 Å². The van der Waals surface area contributed by atoms with E-state index in [1.54, 1.807) is 11.5 Å². The van der Waals surface area contributed by atoms with Crippen molar-refractivity contribution in [3.05, 3.63) is 91.1 Å². The van der Waals surface area contributed by atoms with Gasteiger partial charge >= 0.3 is 5.69 Å². The minimum atomic E-state index is -0.903. The van der Waals surface area contributed by atoms with E-state index in [9.17, 15) is 24.5 Å². The van der Waals surface area contributed by atoms with Crippen molar-refractivity contribution >= 4 is 17.1 Å². The molecule has 0 bridgehead atoms. The molecule has 0 amide bonds. The summed E-state index contributed by atoms with van der Waals surface area (Å²) in [7, 11) is 0. The highest BCUT2D eigenvalue weighted by Gasteiger charge is 2.28. The molecular formula is C30H26F2N8O2. The van der Waals surface area contributed by atoms with Crippen LogP contribution in [0.15, 0.2) is 46.0 Å². The second-order valence-electron chi connectivity index (χ2n) is 9.96. The summed E-state index contributed by atoms with van der Waals surface area (Å²) in [5.74, 6) is 4.63. The molecule has 3 heterocycles. The molecule has 4 aromatic rings. The molecule has 1 saturated heterocycles. The topological polar surface area (TPSA) is 139 Å². The molecule has 5 rings (SSSR count). The number of imidazole rings is 1. The fourth-order valence-electron chi connectivity index (χ4n) is 5.27. The van der Waals surface area contributed by atoms with Gasteiger partial charge in [-0.25, -0.2) is 13.6 Å². The van der Waals surface area contributed by atoms with Crippen LogP contribution in [0, 0.1) is 46.1 Å². The summed E-state index contributed by atoms with van der Waals surface area (Å²) in [5, 5.41) is 19.2. The van der Waals surface area contributed by atoms with Crippen molar-refractivity contribution in [2.24, 2.45) is 5.73 Å². The quantitative estimate of drug-likeness (QED) is 0.353. The lowest BCUT2D eigenvalue weighted by Crippen LogP contribution is -2.44. The zero-order valence-electron chi connectivity index (χ0n) is 22.8. The molecule has 0 spiro atoms. The Hall–Kier alpha value is -5.25. The van der Waals surface area contributed by atoms with Gasteiger partial charge in [0.25, 0.3) is 5.56 Å². The van der Waals surface area contributed by atoms with Crippen LogP contribution in [0.1, 0.15) is 42.0 Å². The molecule has 2 aromatic heterocycles. The zero-order chi connectivity index (χ0) is 30.0. The molecule has 0 aliphatic carbocycles. The SMILES string of the molecule is CC#CCn1c(N2CCC[C@@H](N)C2)nc2c1c(=O)n(Cc1c(F)cccc1C#N)c(=O)n2Cc1c(F)cccc1C#N. The number of hydrogen-bond donors (Lipinski definition) is 1. The van der Waals surface area contributed by atoms with E-state index >= 15 is 4.39 Å². The van der Waals surface area contributed by atoms with Gasteiger partial charge in [-0.2, -0.15) is 15.5 Å². The predicted molar refractivity (Wildman–Crippen MR) is 152 cm³/mol. The van der Waals surface area contributed by atoms with Gasteiger partial charge in [-0.05, 0) is 44.0 Å².